The lowest BCUT2D eigenvalue weighted by atomic mass is 9.96. The molecule has 0 aliphatic carbocycles. The maximum Gasteiger partial charge on any atom is 0.326 e. The monoisotopic (exact) mass is 231 g/mol. The van der Waals surface area contributed by atoms with Crippen molar-refractivity contribution in [2.75, 3.05) is 26.9 Å². The number of carbonyl (C=O) groups excluding carboxylic acids is 1. The summed E-state index contributed by atoms with van der Waals surface area (Å²) in [6.07, 6.45) is 2.61. The maximum absolute atomic E-state index is 11.7. The van der Waals surface area contributed by atoms with Crippen LogP contribution in [0.15, 0.2) is 0 Å². The molecule has 96 valence electrons. The third-order valence-corrected chi connectivity index (χ3v) is 2.59. The first-order chi connectivity index (χ1) is 7.60. The largest absolute Gasteiger partial charge is 0.465 e. The van der Waals surface area contributed by atoms with Crippen molar-refractivity contribution < 1.29 is 14.3 Å². The van der Waals surface area contributed by atoms with E-state index in [1.807, 2.05) is 13.8 Å². The quantitative estimate of drug-likeness (QED) is 0.485. The molecule has 0 heterocycles. The first-order valence-electron chi connectivity index (χ1n) is 6.04. The number of ether oxygens (including phenoxy) is 2. The molecule has 0 aromatic rings. The highest BCUT2D eigenvalue weighted by molar-refractivity contribution is 5.80. The topological polar surface area (TPSA) is 47.6 Å². The van der Waals surface area contributed by atoms with Crippen molar-refractivity contribution in [1.82, 2.24) is 5.32 Å². The Kier molecular flexibility index (Phi) is 8.21. The van der Waals surface area contributed by atoms with Gasteiger partial charge in [-0.1, -0.05) is 6.92 Å². The molecule has 4 nitrogen and oxygen atoms in total. The Balaban J connectivity index is 3.92. The minimum Gasteiger partial charge on any atom is -0.465 e. The predicted octanol–water partition coefficient (Wildman–Crippen LogP) is 1.73. The first kappa shape index (κ1) is 15.4. The Bertz CT molecular complexity index is 197. The summed E-state index contributed by atoms with van der Waals surface area (Å²) in [5.74, 6) is -0.187. The standard InChI is InChI=1S/C12H25NO3/c1-5-9-15-10-7-8-12(3,13-4)11(14)16-6-2/h13H,5-10H2,1-4H3. The molecule has 1 unspecified atom stereocenters. The molecule has 4 heteroatoms. The second-order valence-corrected chi connectivity index (χ2v) is 4.02. The first-order valence-corrected chi connectivity index (χ1v) is 6.04. The van der Waals surface area contributed by atoms with Gasteiger partial charge in [0.2, 0.25) is 0 Å². The van der Waals surface area contributed by atoms with E-state index in [9.17, 15) is 4.79 Å². The predicted molar refractivity (Wildman–Crippen MR) is 64.4 cm³/mol. The van der Waals surface area contributed by atoms with Crippen LogP contribution >= 0.6 is 0 Å². The summed E-state index contributed by atoms with van der Waals surface area (Å²) in [6.45, 7) is 7.67. The Labute approximate surface area is 98.7 Å². The van der Waals surface area contributed by atoms with Crippen LogP contribution in [0.5, 0.6) is 0 Å². The Morgan fingerprint density at radius 1 is 1.31 bits per heavy atom. The van der Waals surface area contributed by atoms with Crippen LogP contribution in [0.4, 0.5) is 0 Å². The fraction of sp³-hybridized carbons (Fsp3) is 0.917. The van der Waals surface area contributed by atoms with Gasteiger partial charge >= 0.3 is 5.97 Å². The zero-order chi connectivity index (χ0) is 12.4. The number of rotatable bonds is 9. The molecule has 0 saturated heterocycles. The van der Waals surface area contributed by atoms with Crippen molar-refractivity contribution in [3.63, 3.8) is 0 Å². The molecule has 0 spiro atoms. The molecule has 0 aromatic carbocycles. The van der Waals surface area contributed by atoms with E-state index < -0.39 is 5.54 Å². The van der Waals surface area contributed by atoms with Gasteiger partial charge in [-0.05, 0) is 40.2 Å². The molecule has 0 bridgehead atoms. The van der Waals surface area contributed by atoms with E-state index in [2.05, 4.69) is 12.2 Å². The average Bonchev–Trinajstić information content (AvgIpc) is 2.28. The summed E-state index contributed by atoms with van der Waals surface area (Å²) in [5.41, 5.74) is -0.592. The van der Waals surface area contributed by atoms with Gasteiger partial charge in [0.15, 0.2) is 0 Å². The van der Waals surface area contributed by atoms with Crippen LogP contribution in [0.25, 0.3) is 0 Å². The highest BCUT2D eigenvalue weighted by atomic mass is 16.5. The van der Waals surface area contributed by atoms with E-state index in [1.54, 1.807) is 7.05 Å². The average molecular weight is 231 g/mol. The third kappa shape index (κ3) is 5.47. The van der Waals surface area contributed by atoms with Gasteiger partial charge in [0, 0.05) is 13.2 Å². The summed E-state index contributed by atoms with van der Waals surface area (Å²) in [6, 6.07) is 0. The number of hydrogen-bond donors (Lipinski definition) is 1. The van der Waals surface area contributed by atoms with E-state index in [4.69, 9.17) is 9.47 Å². The molecule has 0 aliphatic heterocycles. The molecule has 0 radical (unpaired) electrons. The summed E-state index contributed by atoms with van der Waals surface area (Å²) in [7, 11) is 1.78. The van der Waals surface area contributed by atoms with Crippen LogP contribution in [0, 0.1) is 0 Å². The molecular weight excluding hydrogens is 206 g/mol. The van der Waals surface area contributed by atoms with Gasteiger partial charge in [0.25, 0.3) is 0 Å². The summed E-state index contributed by atoms with van der Waals surface area (Å²) in [4.78, 5) is 11.7. The highest BCUT2D eigenvalue weighted by Crippen LogP contribution is 2.14. The molecule has 1 N–H and O–H groups in total. The van der Waals surface area contributed by atoms with Crippen LogP contribution in [-0.4, -0.2) is 38.4 Å². The minimum absolute atomic E-state index is 0.187. The Morgan fingerprint density at radius 2 is 2.00 bits per heavy atom. The van der Waals surface area contributed by atoms with Gasteiger partial charge in [-0.2, -0.15) is 0 Å². The van der Waals surface area contributed by atoms with E-state index in [0.717, 1.165) is 25.9 Å². The van der Waals surface area contributed by atoms with E-state index >= 15 is 0 Å². The summed E-state index contributed by atoms with van der Waals surface area (Å²) >= 11 is 0. The van der Waals surface area contributed by atoms with Crippen LogP contribution in [0.2, 0.25) is 0 Å². The van der Waals surface area contributed by atoms with E-state index in [0.29, 0.717) is 13.2 Å². The smallest absolute Gasteiger partial charge is 0.326 e. The maximum atomic E-state index is 11.7. The highest BCUT2D eigenvalue weighted by Gasteiger charge is 2.32. The van der Waals surface area contributed by atoms with Crippen molar-refractivity contribution >= 4 is 5.97 Å². The second kappa shape index (κ2) is 8.53. The van der Waals surface area contributed by atoms with Crippen molar-refractivity contribution in [2.45, 2.75) is 45.6 Å². The van der Waals surface area contributed by atoms with Gasteiger partial charge in [0.05, 0.1) is 6.61 Å². The number of carbonyl (C=O) groups is 1. The van der Waals surface area contributed by atoms with Crippen LogP contribution in [0.1, 0.15) is 40.0 Å². The van der Waals surface area contributed by atoms with E-state index in [1.165, 1.54) is 0 Å². The van der Waals surface area contributed by atoms with Crippen molar-refractivity contribution in [2.24, 2.45) is 0 Å². The molecule has 0 aromatic heterocycles. The number of nitrogens with one attached hydrogen (secondary N) is 1. The number of hydrogen-bond acceptors (Lipinski definition) is 4. The molecular formula is C12H25NO3. The molecule has 0 amide bonds. The fourth-order valence-corrected chi connectivity index (χ4v) is 1.39. The van der Waals surface area contributed by atoms with Gasteiger partial charge in [-0.15, -0.1) is 0 Å². The fourth-order valence-electron chi connectivity index (χ4n) is 1.39. The molecule has 0 aliphatic rings. The summed E-state index contributed by atoms with van der Waals surface area (Å²) in [5, 5.41) is 3.02. The normalized spacial score (nSPS) is 14.5. The van der Waals surface area contributed by atoms with E-state index in [-0.39, 0.29) is 5.97 Å². The van der Waals surface area contributed by atoms with Gasteiger partial charge < -0.3 is 14.8 Å². The lowest BCUT2D eigenvalue weighted by molar-refractivity contribution is -0.150. The molecule has 0 fully saturated rings. The minimum atomic E-state index is -0.592. The zero-order valence-electron chi connectivity index (χ0n) is 11.0. The molecule has 16 heavy (non-hydrogen) atoms. The third-order valence-electron chi connectivity index (χ3n) is 2.59. The molecule has 0 rings (SSSR count). The van der Waals surface area contributed by atoms with Crippen molar-refractivity contribution in [3.8, 4) is 0 Å². The molecule has 1 atom stereocenters. The summed E-state index contributed by atoms with van der Waals surface area (Å²) < 4.78 is 10.4. The second-order valence-electron chi connectivity index (χ2n) is 4.02. The van der Waals surface area contributed by atoms with Crippen molar-refractivity contribution in [3.05, 3.63) is 0 Å². The lowest BCUT2D eigenvalue weighted by Gasteiger charge is -2.26. The van der Waals surface area contributed by atoms with Crippen molar-refractivity contribution in [1.29, 1.82) is 0 Å². The number of likely N-dealkylation sites (N-methyl/N-ethyl adjacent to an activating group) is 1. The SMILES string of the molecule is CCCOCCCC(C)(NC)C(=O)OCC. The lowest BCUT2D eigenvalue weighted by Crippen LogP contribution is -2.48. The van der Waals surface area contributed by atoms with Crippen LogP contribution in [0.3, 0.4) is 0 Å². The van der Waals surface area contributed by atoms with Gasteiger partial charge in [0.1, 0.15) is 5.54 Å². The zero-order valence-corrected chi connectivity index (χ0v) is 11.0. The van der Waals surface area contributed by atoms with Gasteiger partial charge in [-0.25, -0.2) is 0 Å². The Morgan fingerprint density at radius 3 is 2.50 bits per heavy atom. The number of esters is 1. The van der Waals surface area contributed by atoms with Gasteiger partial charge in [-0.3, -0.25) is 4.79 Å². The Hall–Kier alpha value is -0.610. The van der Waals surface area contributed by atoms with Crippen LogP contribution in [-0.2, 0) is 14.3 Å². The molecule has 0 saturated carbocycles. The van der Waals surface area contributed by atoms with Crippen LogP contribution < -0.4 is 5.32 Å².